The van der Waals surface area contributed by atoms with Crippen molar-refractivity contribution in [2.24, 2.45) is 0 Å². The quantitative estimate of drug-likeness (QED) is 0.662. The first kappa shape index (κ1) is 12.7. The van der Waals surface area contributed by atoms with Gasteiger partial charge in [-0.1, -0.05) is 66.7 Å². The highest BCUT2D eigenvalue weighted by Gasteiger charge is 1.86. The Balaban J connectivity index is 1.93. The van der Waals surface area contributed by atoms with E-state index in [1.54, 1.807) is 0 Å². The van der Waals surface area contributed by atoms with Crippen molar-refractivity contribution >= 4 is 0 Å². The van der Waals surface area contributed by atoms with Gasteiger partial charge in [0.1, 0.15) is 0 Å². The van der Waals surface area contributed by atoms with Gasteiger partial charge >= 0.3 is 0 Å². The second-order valence-corrected chi connectivity index (χ2v) is 4.06. The van der Waals surface area contributed by atoms with Crippen LogP contribution in [0.4, 0.5) is 0 Å². The number of rotatable bonds is 1. The third kappa shape index (κ3) is 4.58. The van der Waals surface area contributed by atoms with Crippen LogP contribution in [0.3, 0.4) is 0 Å². The van der Waals surface area contributed by atoms with Crippen molar-refractivity contribution in [1.29, 1.82) is 0 Å². The first-order valence-electron chi connectivity index (χ1n) is 6.13. The largest absolute Gasteiger partial charge is 0.0924 e. The maximum atomic E-state index is 3.92. The molecule has 0 saturated carbocycles. The van der Waals surface area contributed by atoms with Crippen molar-refractivity contribution in [3.8, 4) is 23.7 Å². The van der Waals surface area contributed by atoms with Crippen LogP contribution in [0.2, 0.25) is 0 Å². The number of benzene rings is 2. The van der Waals surface area contributed by atoms with E-state index < -0.39 is 0 Å². The van der Waals surface area contributed by atoms with Crippen LogP contribution < -0.4 is 0 Å². The number of hydrogen-bond acceptors (Lipinski definition) is 0. The van der Waals surface area contributed by atoms with Gasteiger partial charge < -0.3 is 0 Å². The van der Waals surface area contributed by atoms with Gasteiger partial charge in [0.05, 0.1) is 0 Å². The Bertz CT molecular complexity index is 656. The summed E-state index contributed by atoms with van der Waals surface area (Å²) in [6.07, 6.45) is 0.606. The Labute approximate surface area is 114 Å². The van der Waals surface area contributed by atoms with Crippen molar-refractivity contribution in [3.63, 3.8) is 0 Å². The summed E-state index contributed by atoms with van der Waals surface area (Å²) in [5, 5.41) is 0. The molecule has 2 rings (SSSR count). The lowest BCUT2D eigenvalue weighted by Crippen LogP contribution is -1.76. The molecule has 0 saturated heterocycles. The molecule has 0 amide bonds. The predicted octanol–water partition coefficient (Wildman–Crippen LogP) is 4.04. The molecular formula is C19H14. The summed E-state index contributed by atoms with van der Waals surface area (Å²) in [6, 6.07) is 19.8. The van der Waals surface area contributed by atoms with E-state index in [9.17, 15) is 0 Å². The maximum Gasteiger partial charge on any atom is 0.0418 e. The van der Waals surface area contributed by atoms with Crippen molar-refractivity contribution < 1.29 is 0 Å². The lowest BCUT2D eigenvalue weighted by atomic mass is 10.1. The summed E-state index contributed by atoms with van der Waals surface area (Å²) in [4.78, 5) is 0. The maximum absolute atomic E-state index is 3.92. The molecule has 0 atom stereocenters. The van der Waals surface area contributed by atoms with Crippen LogP contribution in [-0.2, 0) is 0 Å². The summed E-state index contributed by atoms with van der Waals surface area (Å²) in [7, 11) is 0. The number of allylic oxidation sites excluding steroid dienone is 1. The van der Waals surface area contributed by atoms with E-state index in [4.69, 9.17) is 0 Å². The molecule has 0 bridgehead atoms. The molecule has 0 N–H and O–H groups in total. The molecule has 0 aliphatic rings. The first-order valence-corrected chi connectivity index (χ1v) is 6.13. The summed E-state index contributed by atoms with van der Waals surface area (Å²) in [5.41, 5.74) is 2.86. The molecule has 0 unspecified atom stereocenters. The standard InChI is InChI=1S/C19H14/c1-17(15-16-19-12-6-3-7-13-19)9-8-14-18-10-4-2-5-11-18/h2-7,10-13H,1,9H2. The average molecular weight is 242 g/mol. The van der Waals surface area contributed by atoms with Crippen molar-refractivity contribution in [3.05, 3.63) is 83.9 Å². The molecule has 0 nitrogen and oxygen atoms in total. The van der Waals surface area contributed by atoms with E-state index in [0.29, 0.717) is 6.42 Å². The lowest BCUT2D eigenvalue weighted by molar-refractivity contribution is 1.39. The molecule has 90 valence electrons. The van der Waals surface area contributed by atoms with Crippen molar-refractivity contribution in [2.45, 2.75) is 6.42 Å². The Morgan fingerprint density at radius 1 is 0.789 bits per heavy atom. The van der Waals surface area contributed by atoms with Crippen LogP contribution in [-0.4, -0.2) is 0 Å². The van der Waals surface area contributed by atoms with Crippen LogP contribution in [0.5, 0.6) is 0 Å². The van der Waals surface area contributed by atoms with Crippen LogP contribution in [0.25, 0.3) is 0 Å². The topological polar surface area (TPSA) is 0 Å². The monoisotopic (exact) mass is 242 g/mol. The third-order valence-corrected chi connectivity index (χ3v) is 2.47. The average Bonchev–Trinajstić information content (AvgIpc) is 2.47. The molecule has 0 aliphatic heterocycles. The van der Waals surface area contributed by atoms with E-state index in [-0.39, 0.29) is 0 Å². The molecule has 0 aliphatic carbocycles. The van der Waals surface area contributed by atoms with Gasteiger partial charge in [-0.3, -0.25) is 0 Å². The number of hydrogen-bond donors (Lipinski definition) is 0. The summed E-state index contributed by atoms with van der Waals surface area (Å²) in [6.45, 7) is 3.92. The highest BCUT2D eigenvalue weighted by Crippen LogP contribution is 2.00. The Hall–Kier alpha value is -2.70. The molecule has 2 aromatic rings. The lowest BCUT2D eigenvalue weighted by Gasteiger charge is -1.89. The van der Waals surface area contributed by atoms with Crippen molar-refractivity contribution in [1.82, 2.24) is 0 Å². The Kier molecular flexibility index (Phi) is 4.63. The van der Waals surface area contributed by atoms with Gasteiger partial charge in [0, 0.05) is 23.1 Å². The van der Waals surface area contributed by atoms with Gasteiger partial charge in [-0.25, -0.2) is 0 Å². The van der Waals surface area contributed by atoms with E-state index >= 15 is 0 Å². The zero-order chi connectivity index (χ0) is 13.3. The molecule has 0 spiro atoms. The second-order valence-electron chi connectivity index (χ2n) is 4.06. The van der Waals surface area contributed by atoms with Gasteiger partial charge in [-0.05, 0) is 24.3 Å². The van der Waals surface area contributed by atoms with Gasteiger partial charge in [0.2, 0.25) is 0 Å². The van der Waals surface area contributed by atoms with Crippen LogP contribution in [0.15, 0.2) is 72.8 Å². The Morgan fingerprint density at radius 2 is 1.32 bits per heavy atom. The minimum absolute atomic E-state index is 0.606. The molecule has 19 heavy (non-hydrogen) atoms. The minimum Gasteiger partial charge on any atom is -0.0924 e. The van der Waals surface area contributed by atoms with E-state index in [2.05, 4.69) is 30.3 Å². The molecule has 0 heteroatoms. The Morgan fingerprint density at radius 3 is 1.89 bits per heavy atom. The highest BCUT2D eigenvalue weighted by molar-refractivity contribution is 5.42. The van der Waals surface area contributed by atoms with E-state index in [1.165, 1.54) is 0 Å². The SMILES string of the molecule is C=C(C#Cc1ccccc1)CC#Cc1ccccc1. The molecule has 0 aromatic heterocycles. The van der Waals surface area contributed by atoms with Crippen LogP contribution in [0.1, 0.15) is 17.5 Å². The summed E-state index contributed by atoms with van der Waals surface area (Å²) >= 11 is 0. The zero-order valence-corrected chi connectivity index (χ0v) is 10.7. The molecule has 0 radical (unpaired) electrons. The van der Waals surface area contributed by atoms with Gasteiger partial charge in [-0.15, -0.1) is 0 Å². The molecule has 0 fully saturated rings. The molecule has 0 heterocycles. The molecular weight excluding hydrogens is 228 g/mol. The van der Waals surface area contributed by atoms with E-state index in [0.717, 1.165) is 16.7 Å². The fraction of sp³-hybridized carbons (Fsp3) is 0.0526. The van der Waals surface area contributed by atoms with Gasteiger partial charge in [0.15, 0.2) is 0 Å². The van der Waals surface area contributed by atoms with Crippen LogP contribution >= 0.6 is 0 Å². The zero-order valence-electron chi connectivity index (χ0n) is 10.7. The predicted molar refractivity (Wildman–Crippen MR) is 80.4 cm³/mol. The van der Waals surface area contributed by atoms with Gasteiger partial charge in [-0.2, -0.15) is 0 Å². The van der Waals surface area contributed by atoms with Crippen molar-refractivity contribution in [2.75, 3.05) is 0 Å². The van der Waals surface area contributed by atoms with Gasteiger partial charge in [0.25, 0.3) is 0 Å². The highest BCUT2D eigenvalue weighted by atomic mass is 13.9. The smallest absolute Gasteiger partial charge is 0.0418 e. The van der Waals surface area contributed by atoms with E-state index in [1.807, 2.05) is 60.7 Å². The second kappa shape index (κ2) is 6.90. The normalized spacial score (nSPS) is 8.63. The minimum atomic E-state index is 0.606. The third-order valence-electron chi connectivity index (χ3n) is 2.47. The summed E-state index contributed by atoms with van der Waals surface area (Å²) in [5.74, 6) is 12.3. The molecule has 2 aromatic carbocycles. The summed E-state index contributed by atoms with van der Waals surface area (Å²) < 4.78 is 0. The fourth-order valence-electron chi connectivity index (χ4n) is 1.50. The first-order chi connectivity index (χ1) is 9.34. The van der Waals surface area contributed by atoms with Crippen LogP contribution in [0, 0.1) is 23.7 Å². The fourth-order valence-corrected chi connectivity index (χ4v) is 1.50.